The molecule has 0 aromatic rings. The fraction of sp³-hybridized carbons (Fsp3) is 0.579. The lowest BCUT2D eigenvalue weighted by Crippen LogP contribution is -2.59. The Labute approximate surface area is 152 Å². The first-order chi connectivity index (χ1) is 12.5. The van der Waals surface area contributed by atoms with E-state index in [0.29, 0.717) is 12.8 Å². The van der Waals surface area contributed by atoms with E-state index in [4.69, 9.17) is 14.6 Å². The molecule has 140 valence electrons. The maximum Gasteiger partial charge on any atom is 0.187 e. The Hall–Kier alpha value is -2.04. The normalized spacial score (nSPS) is 28.0. The lowest BCUT2D eigenvalue weighted by Gasteiger charge is -2.40. The van der Waals surface area contributed by atoms with Gasteiger partial charge < -0.3 is 35.0 Å². The average molecular weight is 362 g/mol. The first-order valence-electron chi connectivity index (χ1n) is 8.01. The van der Waals surface area contributed by atoms with Gasteiger partial charge >= 0.3 is 0 Å². The smallest absolute Gasteiger partial charge is 0.187 e. The molecule has 0 radical (unpaired) electrons. The average Bonchev–Trinajstić information content (AvgIpc) is 2.65. The molecule has 0 aliphatic carbocycles. The van der Waals surface area contributed by atoms with Crippen LogP contribution in [-0.2, 0) is 9.47 Å². The summed E-state index contributed by atoms with van der Waals surface area (Å²) < 4.78 is 10.7. The van der Waals surface area contributed by atoms with Gasteiger partial charge in [-0.3, -0.25) is 0 Å². The molecule has 4 unspecified atom stereocenters. The molecular formula is C19H22O7. The third-order valence-electron chi connectivity index (χ3n) is 3.50. The summed E-state index contributed by atoms with van der Waals surface area (Å²) >= 11 is 0. The number of aliphatic hydroxyl groups is 5. The van der Waals surface area contributed by atoms with Crippen LogP contribution in [0.15, 0.2) is 0 Å². The topological polar surface area (TPSA) is 120 Å². The highest BCUT2D eigenvalue weighted by atomic mass is 16.7. The molecule has 7 heteroatoms. The molecule has 1 saturated heterocycles. The summed E-state index contributed by atoms with van der Waals surface area (Å²) in [5, 5.41) is 47.8. The molecule has 1 rings (SSSR count). The van der Waals surface area contributed by atoms with Gasteiger partial charge in [0.2, 0.25) is 0 Å². The van der Waals surface area contributed by atoms with Crippen molar-refractivity contribution in [3.8, 4) is 47.4 Å². The van der Waals surface area contributed by atoms with Crippen LogP contribution in [0.25, 0.3) is 0 Å². The lowest BCUT2D eigenvalue weighted by molar-refractivity contribution is -0.313. The number of aliphatic hydroxyl groups excluding tert-OH is 5. The minimum Gasteiger partial charge on any atom is -0.394 e. The molecule has 1 heterocycles. The second-order valence-electron chi connectivity index (χ2n) is 5.35. The van der Waals surface area contributed by atoms with Gasteiger partial charge in [-0.15, -0.1) is 0 Å². The Morgan fingerprint density at radius 1 is 0.923 bits per heavy atom. The van der Waals surface area contributed by atoms with E-state index in [1.54, 1.807) is 6.92 Å². The van der Waals surface area contributed by atoms with Crippen molar-refractivity contribution in [1.82, 2.24) is 0 Å². The predicted octanol–water partition coefficient (Wildman–Crippen LogP) is -2.02. The van der Waals surface area contributed by atoms with Crippen LogP contribution in [0.3, 0.4) is 0 Å². The molecule has 0 spiro atoms. The summed E-state index contributed by atoms with van der Waals surface area (Å²) in [7, 11) is 0. The van der Waals surface area contributed by atoms with E-state index in [0.717, 1.165) is 0 Å². The minimum absolute atomic E-state index is 0.327. The molecule has 0 aromatic heterocycles. The minimum atomic E-state index is -1.53. The van der Waals surface area contributed by atoms with Crippen molar-refractivity contribution in [3.63, 3.8) is 0 Å². The first-order valence-corrected chi connectivity index (χ1v) is 8.01. The molecule has 1 fully saturated rings. The second-order valence-corrected chi connectivity index (χ2v) is 5.35. The molecule has 0 amide bonds. The van der Waals surface area contributed by atoms with E-state index < -0.39 is 43.4 Å². The van der Waals surface area contributed by atoms with Crippen LogP contribution in [0.5, 0.6) is 0 Å². The van der Waals surface area contributed by atoms with Gasteiger partial charge in [0.05, 0.1) is 19.3 Å². The Morgan fingerprint density at radius 3 is 2.19 bits per heavy atom. The molecular weight excluding hydrogens is 340 g/mol. The zero-order valence-electron chi connectivity index (χ0n) is 14.3. The fourth-order valence-corrected chi connectivity index (χ4v) is 2.10. The number of hydrogen-bond acceptors (Lipinski definition) is 7. The summed E-state index contributed by atoms with van der Waals surface area (Å²) in [5.41, 5.74) is 0. The molecule has 0 bridgehead atoms. The summed E-state index contributed by atoms with van der Waals surface area (Å²) in [6.07, 6.45) is -6.87. The van der Waals surface area contributed by atoms with Crippen molar-refractivity contribution >= 4 is 0 Å². The zero-order chi connectivity index (χ0) is 19.4. The number of rotatable bonds is 6. The summed E-state index contributed by atoms with van der Waals surface area (Å²) in [6.45, 7) is 0.765. The van der Waals surface area contributed by atoms with E-state index >= 15 is 0 Å². The Kier molecular flexibility index (Phi) is 10.4. The van der Waals surface area contributed by atoms with Gasteiger partial charge in [0.1, 0.15) is 24.4 Å². The van der Waals surface area contributed by atoms with Crippen molar-refractivity contribution in [2.24, 2.45) is 0 Å². The molecule has 0 aromatic carbocycles. The third kappa shape index (κ3) is 7.06. The Morgan fingerprint density at radius 2 is 1.58 bits per heavy atom. The van der Waals surface area contributed by atoms with Gasteiger partial charge in [0, 0.05) is 6.42 Å². The van der Waals surface area contributed by atoms with Crippen molar-refractivity contribution in [1.29, 1.82) is 0 Å². The highest BCUT2D eigenvalue weighted by molar-refractivity contribution is 5.39. The Balaban J connectivity index is 2.52. The fourth-order valence-electron chi connectivity index (χ4n) is 2.10. The predicted molar refractivity (Wildman–Crippen MR) is 91.7 cm³/mol. The molecule has 26 heavy (non-hydrogen) atoms. The van der Waals surface area contributed by atoms with Crippen LogP contribution in [-0.4, -0.2) is 75.6 Å². The quantitative estimate of drug-likeness (QED) is 0.346. The van der Waals surface area contributed by atoms with E-state index in [1.807, 2.05) is 0 Å². The standard InChI is InChI=1S/C19H22O7/c1-2-3-4-5-6-7-8-9-10-11-14(12-20)25-19-18(24)17(23)16(22)15(13-21)26-19/h14-24H,10-13H2,1H3/t14?,15?,16-,17?,18?,19-/m1/s1. The largest absolute Gasteiger partial charge is 0.394 e. The number of hydrogen-bond donors (Lipinski definition) is 5. The van der Waals surface area contributed by atoms with E-state index in [9.17, 15) is 20.4 Å². The molecule has 6 atom stereocenters. The van der Waals surface area contributed by atoms with E-state index in [-0.39, 0.29) is 6.61 Å². The SMILES string of the molecule is CC#CC#CC#CC#CCCC(CO)O[C@@H]1OC(CO)[C@@H](O)C(O)C1O. The molecule has 5 N–H and O–H groups in total. The third-order valence-corrected chi connectivity index (χ3v) is 3.50. The van der Waals surface area contributed by atoms with Crippen LogP contribution in [0.1, 0.15) is 19.8 Å². The van der Waals surface area contributed by atoms with Crippen LogP contribution >= 0.6 is 0 Å². The molecule has 0 saturated carbocycles. The van der Waals surface area contributed by atoms with Crippen molar-refractivity contribution in [2.75, 3.05) is 13.2 Å². The zero-order valence-corrected chi connectivity index (χ0v) is 14.3. The van der Waals surface area contributed by atoms with E-state index in [2.05, 4.69) is 47.4 Å². The molecule has 1 aliphatic rings. The van der Waals surface area contributed by atoms with E-state index in [1.165, 1.54) is 0 Å². The van der Waals surface area contributed by atoms with Crippen LogP contribution in [0, 0.1) is 47.4 Å². The van der Waals surface area contributed by atoms with Crippen LogP contribution in [0.4, 0.5) is 0 Å². The van der Waals surface area contributed by atoms with Gasteiger partial charge in [0.15, 0.2) is 6.29 Å². The summed E-state index contributed by atoms with van der Waals surface area (Å²) in [4.78, 5) is 0. The van der Waals surface area contributed by atoms with Crippen molar-refractivity contribution in [3.05, 3.63) is 0 Å². The molecule has 7 nitrogen and oxygen atoms in total. The van der Waals surface area contributed by atoms with Gasteiger partial charge in [0.25, 0.3) is 0 Å². The summed E-state index contributed by atoms with van der Waals surface area (Å²) in [6, 6.07) is 0. The van der Waals surface area contributed by atoms with Gasteiger partial charge in [-0.2, -0.15) is 0 Å². The maximum absolute atomic E-state index is 9.90. The van der Waals surface area contributed by atoms with Crippen molar-refractivity contribution < 1.29 is 35.0 Å². The van der Waals surface area contributed by atoms with Crippen LogP contribution in [0.2, 0.25) is 0 Å². The number of ether oxygens (including phenoxy) is 2. The molecule has 1 aliphatic heterocycles. The van der Waals surface area contributed by atoms with Gasteiger partial charge in [-0.25, -0.2) is 0 Å². The Bertz CT molecular complexity index is 672. The maximum atomic E-state index is 9.90. The van der Waals surface area contributed by atoms with Gasteiger partial charge in [-0.05, 0) is 48.9 Å². The van der Waals surface area contributed by atoms with Gasteiger partial charge in [-0.1, -0.05) is 11.8 Å². The highest BCUT2D eigenvalue weighted by Crippen LogP contribution is 2.23. The summed E-state index contributed by atoms with van der Waals surface area (Å²) in [5.74, 6) is 20.6. The lowest BCUT2D eigenvalue weighted by atomic mass is 9.99. The first kappa shape index (κ1) is 22.0. The highest BCUT2D eigenvalue weighted by Gasteiger charge is 2.44. The van der Waals surface area contributed by atoms with Crippen molar-refractivity contribution in [2.45, 2.75) is 56.6 Å². The monoisotopic (exact) mass is 362 g/mol. The second kappa shape index (κ2) is 12.3. The van der Waals surface area contributed by atoms with Crippen LogP contribution < -0.4 is 0 Å².